The van der Waals surface area contributed by atoms with Gasteiger partial charge in [-0.1, -0.05) is 46.1 Å². The maximum absolute atomic E-state index is 15.7. The smallest absolute Gasteiger partial charge is 0.270 e. The van der Waals surface area contributed by atoms with Crippen LogP contribution in [0.1, 0.15) is 94.1 Å². The van der Waals surface area contributed by atoms with Crippen molar-refractivity contribution in [2.45, 2.75) is 96.7 Å². The highest BCUT2D eigenvalue weighted by molar-refractivity contribution is 6.00. The zero-order valence-electron chi connectivity index (χ0n) is 28.8. The first-order chi connectivity index (χ1) is 23.1. The molecule has 5 rings (SSSR count). The Bertz CT molecular complexity index is 1440. The molecule has 2 saturated carbocycles. The van der Waals surface area contributed by atoms with Gasteiger partial charge < -0.3 is 25.8 Å². The molecular weight excluding hydrogens is 613 g/mol. The standard InChI is InChI=1S/C36H52FN7O4/c1-5-24-9-11-26(12-10-24)33(41-34(46)30-15-16-38-44(30)22-25-7-8-25)35(47)39-29-14-13-27(21-28(29)37)23(3)32(40-31(45)6-2)36(48)43-19-17-42(4)18-20-43/h13-16,21,23-26,32-33H,5-12,17-20,22H2,1-4H3,(H,39,47)(H,40,45)(H,41,46)/t23-,24-,26-,32+,33-/m0/s1. The largest absolute Gasteiger partial charge is 0.344 e. The molecule has 3 atom stereocenters. The van der Waals surface area contributed by atoms with Crippen molar-refractivity contribution in [3.63, 3.8) is 0 Å². The van der Waals surface area contributed by atoms with Crippen molar-refractivity contribution in [1.29, 1.82) is 0 Å². The quantitative estimate of drug-likeness (QED) is 0.295. The molecule has 1 aromatic carbocycles. The Morgan fingerprint density at radius 1 is 0.938 bits per heavy atom. The molecule has 48 heavy (non-hydrogen) atoms. The molecular formula is C36H52FN7O4. The summed E-state index contributed by atoms with van der Waals surface area (Å²) in [4.78, 5) is 57.3. The van der Waals surface area contributed by atoms with Crippen molar-refractivity contribution >= 4 is 29.3 Å². The van der Waals surface area contributed by atoms with Crippen LogP contribution in [0.5, 0.6) is 0 Å². The van der Waals surface area contributed by atoms with E-state index in [9.17, 15) is 19.2 Å². The SMILES string of the molecule is CCC(=O)N[C@@H](C(=O)N1CCN(C)CC1)[C@@H](C)c1ccc(NC(=O)[C@@H](NC(=O)c2ccnn2CC2CC2)[C@H]2CC[C@H](CC)CC2)c(F)c1. The highest BCUT2D eigenvalue weighted by atomic mass is 19.1. The van der Waals surface area contributed by atoms with Crippen LogP contribution in [0.15, 0.2) is 30.5 Å². The van der Waals surface area contributed by atoms with E-state index in [1.807, 2.05) is 7.05 Å². The van der Waals surface area contributed by atoms with Crippen LogP contribution in [-0.4, -0.2) is 88.5 Å². The van der Waals surface area contributed by atoms with E-state index in [2.05, 4.69) is 32.9 Å². The van der Waals surface area contributed by atoms with Gasteiger partial charge in [0.15, 0.2) is 0 Å². The molecule has 12 heteroatoms. The van der Waals surface area contributed by atoms with E-state index in [0.29, 0.717) is 42.7 Å². The number of hydrogen-bond donors (Lipinski definition) is 3. The van der Waals surface area contributed by atoms with Gasteiger partial charge in [-0.15, -0.1) is 0 Å². The third-order valence-electron chi connectivity index (χ3n) is 10.6. The maximum Gasteiger partial charge on any atom is 0.270 e. The average Bonchev–Trinajstić information content (AvgIpc) is 3.79. The lowest BCUT2D eigenvalue weighted by molar-refractivity contribution is -0.138. The van der Waals surface area contributed by atoms with Crippen molar-refractivity contribution in [2.75, 3.05) is 38.5 Å². The molecule has 3 aliphatic rings. The van der Waals surface area contributed by atoms with Crippen LogP contribution in [0.3, 0.4) is 0 Å². The fourth-order valence-corrected chi connectivity index (χ4v) is 6.98. The lowest BCUT2D eigenvalue weighted by atomic mass is 9.77. The zero-order valence-corrected chi connectivity index (χ0v) is 28.8. The maximum atomic E-state index is 15.7. The molecule has 1 saturated heterocycles. The number of nitrogens with one attached hydrogen (secondary N) is 3. The minimum atomic E-state index is -0.855. The highest BCUT2D eigenvalue weighted by Crippen LogP contribution is 2.34. The van der Waals surface area contributed by atoms with E-state index in [1.165, 1.54) is 12.1 Å². The van der Waals surface area contributed by atoms with E-state index in [0.717, 1.165) is 58.0 Å². The molecule has 4 amide bonds. The van der Waals surface area contributed by atoms with E-state index < -0.39 is 29.7 Å². The molecule has 2 aliphatic carbocycles. The second kappa shape index (κ2) is 16.1. The monoisotopic (exact) mass is 665 g/mol. The first-order valence-electron chi connectivity index (χ1n) is 17.8. The molecule has 262 valence electrons. The lowest BCUT2D eigenvalue weighted by Crippen LogP contribution is -2.55. The summed E-state index contributed by atoms with van der Waals surface area (Å²) in [6, 6.07) is 4.47. The van der Waals surface area contributed by atoms with Crippen molar-refractivity contribution in [2.24, 2.45) is 17.8 Å². The predicted molar refractivity (Wildman–Crippen MR) is 182 cm³/mol. The molecule has 3 fully saturated rings. The van der Waals surface area contributed by atoms with Gasteiger partial charge in [0.25, 0.3) is 5.91 Å². The van der Waals surface area contributed by atoms with Crippen LogP contribution >= 0.6 is 0 Å². The first-order valence-corrected chi connectivity index (χ1v) is 17.8. The summed E-state index contributed by atoms with van der Waals surface area (Å²) in [5, 5.41) is 12.9. The summed E-state index contributed by atoms with van der Waals surface area (Å²) < 4.78 is 17.4. The van der Waals surface area contributed by atoms with Gasteiger partial charge in [-0.2, -0.15) is 5.10 Å². The van der Waals surface area contributed by atoms with Crippen LogP contribution in [0.2, 0.25) is 0 Å². The molecule has 3 N–H and O–H groups in total. The summed E-state index contributed by atoms with van der Waals surface area (Å²) >= 11 is 0. The Balaban J connectivity index is 1.31. The van der Waals surface area contributed by atoms with Gasteiger partial charge in [0.1, 0.15) is 23.6 Å². The molecule has 0 bridgehead atoms. The Morgan fingerprint density at radius 2 is 1.62 bits per heavy atom. The van der Waals surface area contributed by atoms with Gasteiger partial charge in [-0.25, -0.2) is 4.39 Å². The summed E-state index contributed by atoms with van der Waals surface area (Å²) in [7, 11) is 2.00. The van der Waals surface area contributed by atoms with Crippen molar-refractivity contribution in [3.05, 3.63) is 47.5 Å². The van der Waals surface area contributed by atoms with Crippen molar-refractivity contribution in [3.8, 4) is 0 Å². The fraction of sp³-hybridized carbons (Fsp3) is 0.639. The van der Waals surface area contributed by atoms with Crippen molar-refractivity contribution < 1.29 is 23.6 Å². The summed E-state index contributed by atoms with van der Waals surface area (Å²) in [6.07, 6.45) is 8.69. The third kappa shape index (κ3) is 8.80. The van der Waals surface area contributed by atoms with E-state index in [-0.39, 0.29) is 35.7 Å². The molecule has 0 spiro atoms. The fourth-order valence-electron chi connectivity index (χ4n) is 6.98. The number of likely N-dealkylation sites (N-methyl/N-ethyl adjacent to an activating group) is 1. The number of anilines is 1. The normalized spacial score (nSPS) is 22.0. The lowest BCUT2D eigenvalue weighted by Gasteiger charge is -2.36. The van der Waals surface area contributed by atoms with Gasteiger partial charge in [0.05, 0.1) is 5.69 Å². The minimum Gasteiger partial charge on any atom is -0.344 e. The number of rotatable bonds is 13. The van der Waals surface area contributed by atoms with Crippen LogP contribution < -0.4 is 16.0 Å². The number of carbonyl (C=O) groups is 4. The van der Waals surface area contributed by atoms with Gasteiger partial charge >= 0.3 is 0 Å². The second-order valence-electron chi connectivity index (χ2n) is 14.0. The van der Waals surface area contributed by atoms with Crippen molar-refractivity contribution in [1.82, 2.24) is 30.2 Å². The number of carbonyl (C=O) groups excluding carboxylic acids is 4. The molecule has 0 unspecified atom stereocenters. The number of benzene rings is 1. The van der Waals surface area contributed by atoms with Crippen LogP contribution in [0.25, 0.3) is 0 Å². The van der Waals surface area contributed by atoms with E-state index in [4.69, 9.17) is 0 Å². The number of aromatic nitrogens is 2. The van der Waals surface area contributed by atoms with Gasteiger partial charge in [-0.05, 0) is 74.2 Å². The summed E-state index contributed by atoms with van der Waals surface area (Å²) in [5.41, 5.74) is 0.944. The Morgan fingerprint density at radius 3 is 2.25 bits per heavy atom. The van der Waals surface area contributed by atoms with Gasteiger partial charge in [-0.3, -0.25) is 23.9 Å². The predicted octanol–water partition coefficient (Wildman–Crippen LogP) is 4.16. The van der Waals surface area contributed by atoms with Crippen LogP contribution in [0, 0.1) is 23.6 Å². The topological polar surface area (TPSA) is 129 Å². The number of hydrogen-bond acceptors (Lipinski definition) is 6. The first kappa shape index (κ1) is 35.5. The van der Waals surface area contributed by atoms with E-state index in [1.54, 1.807) is 41.8 Å². The summed E-state index contributed by atoms with van der Waals surface area (Å²) in [5.74, 6) is -1.40. The molecule has 11 nitrogen and oxygen atoms in total. The van der Waals surface area contributed by atoms with Crippen LogP contribution in [-0.2, 0) is 20.9 Å². The molecule has 1 aromatic heterocycles. The molecule has 2 aromatic rings. The number of nitrogens with zero attached hydrogens (tertiary/aromatic N) is 4. The highest BCUT2D eigenvalue weighted by Gasteiger charge is 2.36. The third-order valence-corrected chi connectivity index (χ3v) is 10.6. The molecule has 2 heterocycles. The van der Waals surface area contributed by atoms with Gasteiger partial charge in [0, 0.05) is 51.3 Å². The number of amides is 4. The second-order valence-corrected chi connectivity index (χ2v) is 14.0. The Labute approximate surface area is 283 Å². The Kier molecular flexibility index (Phi) is 11.9. The average molecular weight is 666 g/mol. The summed E-state index contributed by atoms with van der Waals surface area (Å²) in [6.45, 7) is 8.96. The van der Waals surface area contributed by atoms with E-state index >= 15 is 4.39 Å². The van der Waals surface area contributed by atoms with Gasteiger partial charge in [0.2, 0.25) is 17.7 Å². The molecule has 0 radical (unpaired) electrons. The van der Waals surface area contributed by atoms with Crippen LogP contribution in [0.4, 0.5) is 10.1 Å². The number of halogens is 1. The minimum absolute atomic E-state index is 0.00393. The number of piperazine rings is 1. The molecule has 1 aliphatic heterocycles. The zero-order chi connectivity index (χ0) is 34.4. The Hall–Kier alpha value is -3.80.